The Labute approximate surface area is 111 Å². The first-order valence-electron chi connectivity index (χ1n) is 5.92. The first-order valence-corrected chi connectivity index (χ1v) is 5.92. The van der Waals surface area contributed by atoms with Crippen molar-refractivity contribution in [3.8, 4) is 0 Å². The summed E-state index contributed by atoms with van der Waals surface area (Å²) in [5, 5.41) is 19.9. The van der Waals surface area contributed by atoms with Crippen LogP contribution >= 0.6 is 0 Å². The number of benzene rings is 1. The second kappa shape index (κ2) is 7.33. The minimum Gasteiger partial charge on any atom is -0.480 e. The number of hydrogen-bond donors (Lipinski definition) is 3. The van der Waals surface area contributed by atoms with Crippen LogP contribution in [0.25, 0.3) is 6.08 Å². The molecule has 0 aliphatic rings. The summed E-state index contributed by atoms with van der Waals surface area (Å²) < 4.78 is 0. The number of rotatable bonds is 6. The summed E-state index contributed by atoms with van der Waals surface area (Å²) >= 11 is 0. The maximum absolute atomic E-state index is 11.6. The van der Waals surface area contributed by atoms with E-state index in [1.807, 2.05) is 31.2 Å². The summed E-state index contributed by atoms with van der Waals surface area (Å²) in [4.78, 5) is 22.4. The van der Waals surface area contributed by atoms with Crippen molar-refractivity contribution in [2.75, 3.05) is 6.61 Å². The average molecular weight is 263 g/mol. The summed E-state index contributed by atoms with van der Waals surface area (Å²) in [6.45, 7) is 1.63. The Hall–Kier alpha value is -2.14. The molecule has 1 unspecified atom stereocenters. The van der Waals surface area contributed by atoms with Gasteiger partial charge in [-0.15, -0.1) is 0 Å². The predicted molar refractivity (Wildman–Crippen MR) is 71.5 cm³/mol. The molecule has 3 N–H and O–H groups in total. The topological polar surface area (TPSA) is 86.6 Å². The minimum absolute atomic E-state index is 0.0146. The van der Waals surface area contributed by atoms with Crippen LogP contribution in [0.5, 0.6) is 0 Å². The fourth-order valence-electron chi connectivity index (χ4n) is 1.55. The minimum atomic E-state index is -1.16. The van der Waals surface area contributed by atoms with Crippen LogP contribution in [0.1, 0.15) is 17.5 Å². The molecular formula is C14H17NO4. The van der Waals surface area contributed by atoms with E-state index in [0.717, 1.165) is 11.1 Å². The molecule has 5 heteroatoms. The van der Waals surface area contributed by atoms with Gasteiger partial charge in [0.15, 0.2) is 0 Å². The quantitative estimate of drug-likeness (QED) is 0.667. The van der Waals surface area contributed by atoms with Gasteiger partial charge in [-0.05, 0) is 24.1 Å². The van der Waals surface area contributed by atoms with Gasteiger partial charge in [0.25, 0.3) is 0 Å². The SMILES string of the molecule is Cc1ccccc1C=CC(=O)NC(CCO)C(=O)O. The smallest absolute Gasteiger partial charge is 0.326 e. The van der Waals surface area contributed by atoms with Gasteiger partial charge in [-0.3, -0.25) is 4.79 Å². The van der Waals surface area contributed by atoms with Gasteiger partial charge in [0.1, 0.15) is 6.04 Å². The number of aryl methyl sites for hydroxylation is 1. The van der Waals surface area contributed by atoms with Gasteiger partial charge in [-0.25, -0.2) is 4.79 Å². The number of hydrogen-bond acceptors (Lipinski definition) is 3. The zero-order valence-corrected chi connectivity index (χ0v) is 10.7. The normalized spacial score (nSPS) is 12.3. The molecule has 0 fully saturated rings. The van der Waals surface area contributed by atoms with E-state index in [2.05, 4.69) is 5.32 Å². The van der Waals surface area contributed by atoms with Crippen LogP contribution in [0.3, 0.4) is 0 Å². The van der Waals surface area contributed by atoms with Crippen molar-refractivity contribution in [3.63, 3.8) is 0 Å². The van der Waals surface area contributed by atoms with Crippen molar-refractivity contribution in [1.82, 2.24) is 5.32 Å². The number of carboxylic acid groups (broad SMARTS) is 1. The van der Waals surface area contributed by atoms with Gasteiger partial charge in [0, 0.05) is 19.1 Å². The lowest BCUT2D eigenvalue weighted by Crippen LogP contribution is -2.40. The molecule has 0 saturated carbocycles. The van der Waals surface area contributed by atoms with Crippen LogP contribution in [0, 0.1) is 6.92 Å². The summed E-state index contributed by atoms with van der Waals surface area (Å²) in [6, 6.07) is 6.47. The Morgan fingerprint density at radius 3 is 2.63 bits per heavy atom. The van der Waals surface area contributed by atoms with Gasteiger partial charge in [-0.2, -0.15) is 0 Å². The summed E-state index contributed by atoms with van der Waals surface area (Å²) in [5.41, 5.74) is 1.92. The Bertz CT molecular complexity index is 482. The summed E-state index contributed by atoms with van der Waals surface area (Å²) in [7, 11) is 0. The van der Waals surface area contributed by atoms with Crippen LogP contribution in [-0.2, 0) is 9.59 Å². The zero-order chi connectivity index (χ0) is 14.3. The third-order valence-electron chi connectivity index (χ3n) is 2.64. The maximum Gasteiger partial charge on any atom is 0.326 e. The predicted octanol–water partition coefficient (Wildman–Crippen LogP) is 0.960. The highest BCUT2D eigenvalue weighted by Crippen LogP contribution is 2.08. The molecule has 0 saturated heterocycles. The molecule has 0 heterocycles. The lowest BCUT2D eigenvalue weighted by Gasteiger charge is -2.11. The number of carboxylic acids is 1. The highest BCUT2D eigenvalue weighted by Gasteiger charge is 2.17. The highest BCUT2D eigenvalue weighted by molar-refractivity contribution is 5.94. The standard InChI is InChI=1S/C14H17NO4/c1-10-4-2-3-5-11(10)6-7-13(17)15-12(8-9-16)14(18)19/h2-7,12,16H,8-9H2,1H3,(H,15,17)(H,18,19). The van der Waals surface area contributed by atoms with E-state index in [1.54, 1.807) is 6.08 Å². The van der Waals surface area contributed by atoms with Gasteiger partial charge in [0.05, 0.1) is 0 Å². The van der Waals surface area contributed by atoms with Crippen molar-refractivity contribution in [1.29, 1.82) is 0 Å². The third kappa shape index (κ3) is 4.93. The number of aliphatic hydroxyl groups excluding tert-OH is 1. The van der Waals surface area contributed by atoms with E-state index >= 15 is 0 Å². The van der Waals surface area contributed by atoms with E-state index in [1.165, 1.54) is 6.08 Å². The van der Waals surface area contributed by atoms with E-state index in [9.17, 15) is 9.59 Å². The number of nitrogens with one attached hydrogen (secondary N) is 1. The first kappa shape index (κ1) is 14.9. The second-order valence-electron chi connectivity index (χ2n) is 4.10. The molecule has 5 nitrogen and oxygen atoms in total. The molecule has 1 aromatic rings. The molecule has 1 amide bonds. The summed E-state index contributed by atoms with van der Waals surface area (Å²) in [6.07, 6.45) is 2.90. The fraction of sp³-hybridized carbons (Fsp3) is 0.286. The Morgan fingerprint density at radius 2 is 2.05 bits per heavy atom. The molecule has 1 atom stereocenters. The Morgan fingerprint density at radius 1 is 1.37 bits per heavy atom. The molecule has 1 aromatic carbocycles. The van der Waals surface area contributed by atoms with E-state index < -0.39 is 17.9 Å². The molecule has 0 radical (unpaired) electrons. The zero-order valence-electron chi connectivity index (χ0n) is 10.7. The Kier molecular flexibility index (Phi) is 5.75. The number of amides is 1. The summed E-state index contributed by atoms with van der Waals surface area (Å²) in [5.74, 6) is -1.66. The van der Waals surface area contributed by atoms with Crippen molar-refractivity contribution < 1.29 is 19.8 Å². The third-order valence-corrected chi connectivity index (χ3v) is 2.64. The second-order valence-corrected chi connectivity index (χ2v) is 4.10. The number of aliphatic carboxylic acids is 1. The molecular weight excluding hydrogens is 246 g/mol. The van der Waals surface area contributed by atoms with Crippen molar-refractivity contribution in [2.45, 2.75) is 19.4 Å². The monoisotopic (exact) mass is 263 g/mol. The van der Waals surface area contributed by atoms with Crippen LogP contribution in [0.2, 0.25) is 0 Å². The molecule has 0 spiro atoms. The van der Waals surface area contributed by atoms with Gasteiger partial charge < -0.3 is 15.5 Å². The molecule has 1 rings (SSSR count). The average Bonchev–Trinajstić information content (AvgIpc) is 2.37. The van der Waals surface area contributed by atoms with Gasteiger partial charge >= 0.3 is 5.97 Å². The number of carbonyl (C=O) groups excluding carboxylic acids is 1. The molecule has 0 aromatic heterocycles. The first-order chi connectivity index (χ1) is 9.04. The lowest BCUT2D eigenvalue weighted by molar-refractivity contribution is -0.141. The van der Waals surface area contributed by atoms with E-state index in [4.69, 9.17) is 10.2 Å². The molecule has 0 bridgehead atoms. The van der Waals surface area contributed by atoms with Crippen molar-refractivity contribution in [3.05, 3.63) is 41.5 Å². The molecule has 102 valence electrons. The van der Waals surface area contributed by atoms with Crippen LogP contribution in [-0.4, -0.2) is 34.7 Å². The van der Waals surface area contributed by atoms with Crippen molar-refractivity contribution >= 4 is 18.0 Å². The number of aliphatic hydroxyl groups is 1. The fourth-order valence-corrected chi connectivity index (χ4v) is 1.55. The van der Waals surface area contributed by atoms with Gasteiger partial charge in [0.2, 0.25) is 5.91 Å². The largest absolute Gasteiger partial charge is 0.480 e. The lowest BCUT2D eigenvalue weighted by atomic mass is 10.1. The molecule has 0 aliphatic carbocycles. The maximum atomic E-state index is 11.6. The van der Waals surface area contributed by atoms with Crippen LogP contribution in [0.4, 0.5) is 0 Å². The molecule has 19 heavy (non-hydrogen) atoms. The highest BCUT2D eigenvalue weighted by atomic mass is 16.4. The van der Waals surface area contributed by atoms with E-state index in [-0.39, 0.29) is 13.0 Å². The molecule has 0 aliphatic heterocycles. The van der Waals surface area contributed by atoms with Gasteiger partial charge in [-0.1, -0.05) is 24.3 Å². The van der Waals surface area contributed by atoms with Crippen LogP contribution in [0.15, 0.2) is 30.3 Å². The number of carbonyl (C=O) groups is 2. The van der Waals surface area contributed by atoms with Crippen LogP contribution < -0.4 is 5.32 Å². The van der Waals surface area contributed by atoms with E-state index in [0.29, 0.717) is 0 Å². The van der Waals surface area contributed by atoms with Crippen molar-refractivity contribution in [2.24, 2.45) is 0 Å². The Balaban J connectivity index is 2.64.